The zero-order chi connectivity index (χ0) is 18.3. The van der Waals surface area contributed by atoms with Crippen molar-refractivity contribution in [2.75, 3.05) is 13.1 Å². The molecule has 1 aliphatic heterocycles. The lowest BCUT2D eigenvalue weighted by Gasteiger charge is -2.29. The molecule has 1 amide bonds. The number of aromatic nitrogens is 2. The summed E-state index contributed by atoms with van der Waals surface area (Å²) in [6, 6.07) is 6.49. The van der Waals surface area contributed by atoms with Crippen LogP contribution in [0.3, 0.4) is 0 Å². The van der Waals surface area contributed by atoms with E-state index >= 15 is 0 Å². The van der Waals surface area contributed by atoms with Gasteiger partial charge >= 0.3 is 0 Å². The Bertz CT molecular complexity index is 942. The normalized spacial score (nSPS) is 20.8. The minimum atomic E-state index is 0.228. The van der Waals surface area contributed by atoms with Crippen LogP contribution in [0.15, 0.2) is 41.4 Å². The maximum Gasteiger partial charge on any atom is 0.227 e. The first-order valence-electron chi connectivity index (χ1n) is 9.67. The number of rotatable bonds is 5. The average Bonchev–Trinajstić information content (AvgIpc) is 3.07. The fourth-order valence-electron chi connectivity index (χ4n) is 4.60. The van der Waals surface area contributed by atoms with Gasteiger partial charge in [-0.25, -0.2) is 4.98 Å². The highest BCUT2D eigenvalue weighted by Crippen LogP contribution is 2.56. The summed E-state index contributed by atoms with van der Waals surface area (Å²) in [7, 11) is 0. The summed E-state index contributed by atoms with van der Waals surface area (Å²) in [5, 5.41) is 8.76. The topological polar surface area (TPSA) is 61.0 Å². The van der Waals surface area contributed by atoms with Gasteiger partial charge in [0.25, 0.3) is 0 Å². The van der Waals surface area contributed by atoms with Gasteiger partial charge in [0.1, 0.15) is 5.65 Å². The Labute approximate surface area is 162 Å². The van der Waals surface area contributed by atoms with Crippen LogP contribution in [0.2, 0.25) is 0 Å². The van der Waals surface area contributed by atoms with Crippen LogP contribution in [-0.4, -0.2) is 39.9 Å². The van der Waals surface area contributed by atoms with Crippen LogP contribution in [0, 0.1) is 5.41 Å². The van der Waals surface area contributed by atoms with Gasteiger partial charge in [-0.2, -0.15) is 11.3 Å². The van der Waals surface area contributed by atoms with E-state index in [1.54, 1.807) is 17.5 Å². The van der Waals surface area contributed by atoms with Crippen LogP contribution in [-0.2, 0) is 17.8 Å². The number of piperidine rings is 1. The Balaban J connectivity index is 1.39. The number of amides is 1. The first-order chi connectivity index (χ1) is 13.3. The van der Waals surface area contributed by atoms with Gasteiger partial charge in [0.2, 0.25) is 5.91 Å². The maximum absolute atomic E-state index is 13.4. The number of aromatic amines is 1. The van der Waals surface area contributed by atoms with E-state index < -0.39 is 0 Å². The van der Waals surface area contributed by atoms with E-state index in [0.717, 1.165) is 42.7 Å². The van der Waals surface area contributed by atoms with E-state index in [0.29, 0.717) is 17.9 Å². The molecule has 27 heavy (non-hydrogen) atoms. The molecular formula is C21H24N4OS. The maximum atomic E-state index is 13.4. The minimum absolute atomic E-state index is 0.228. The van der Waals surface area contributed by atoms with Crippen molar-refractivity contribution < 1.29 is 4.79 Å². The molecule has 3 aromatic rings. The predicted molar refractivity (Wildman–Crippen MR) is 108 cm³/mol. The van der Waals surface area contributed by atoms with Gasteiger partial charge in [-0.15, -0.1) is 0 Å². The summed E-state index contributed by atoms with van der Waals surface area (Å²) in [5.41, 5.74) is 3.48. The molecule has 1 saturated heterocycles. The summed E-state index contributed by atoms with van der Waals surface area (Å²) < 4.78 is 0. The lowest BCUT2D eigenvalue weighted by Crippen LogP contribution is -2.39. The molecule has 1 atom stereocenters. The third kappa shape index (κ3) is 3.17. The van der Waals surface area contributed by atoms with Crippen LogP contribution in [0.1, 0.15) is 30.4 Å². The van der Waals surface area contributed by atoms with Crippen LogP contribution in [0.25, 0.3) is 11.0 Å². The fraction of sp³-hybridized carbons (Fsp3) is 0.429. The van der Waals surface area contributed by atoms with Crippen molar-refractivity contribution in [2.45, 2.75) is 38.3 Å². The summed E-state index contributed by atoms with van der Waals surface area (Å²) in [6.45, 7) is 2.87. The fourth-order valence-corrected chi connectivity index (χ4v) is 5.26. The van der Waals surface area contributed by atoms with Crippen LogP contribution < -0.4 is 5.32 Å². The number of nitrogens with one attached hydrogen (secondary N) is 2. The summed E-state index contributed by atoms with van der Waals surface area (Å²) in [5.74, 6) is 0.228. The largest absolute Gasteiger partial charge is 0.346 e. The third-order valence-corrected chi connectivity index (χ3v) is 6.99. The van der Waals surface area contributed by atoms with Gasteiger partial charge in [-0.3, -0.25) is 4.79 Å². The monoisotopic (exact) mass is 380 g/mol. The molecule has 2 aliphatic rings. The van der Waals surface area contributed by atoms with Crippen LogP contribution in [0.4, 0.5) is 0 Å². The first-order valence-corrected chi connectivity index (χ1v) is 10.6. The zero-order valence-electron chi connectivity index (χ0n) is 15.3. The van der Waals surface area contributed by atoms with Gasteiger partial charge < -0.3 is 15.2 Å². The Morgan fingerprint density at radius 3 is 3.04 bits per heavy atom. The van der Waals surface area contributed by atoms with Gasteiger partial charge in [0.15, 0.2) is 0 Å². The van der Waals surface area contributed by atoms with Gasteiger partial charge in [0.05, 0.1) is 6.42 Å². The second-order valence-electron chi connectivity index (χ2n) is 7.88. The molecule has 1 aliphatic carbocycles. The summed E-state index contributed by atoms with van der Waals surface area (Å²) >= 11 is 1.70. The van der Waals surface area contributed by atoms with E-state index in [2.05, 4.69) is 37.0 Å². The van der Waals surface area contributed by atoms with E-state index in [9.17, 15) is 4.79 Å². The van der Waals surface area contributed by atoms with Crippen molar-refractivity contribution in [3.8, 4) is 0 Å². The van der Waals surface area contributed by atoms with Gasteiger partial charge in [-0.05, 0) is 77.9 Å². The van der Waals surface area contributed by atoms with Gasteiger partial charge in [0, 0.05) is 30.4 Å². The highest BCUT2D eigenvalue weighted by atomic mass is 32.1. The van der Waals surface area contributed by atoms with E-state index in [1.807, 2.05) is 18.3 Å². The second-order valence-corrected chi connectivity index (χ2v) is 8.66. The molecule has 0 aromatic carbocycles. The molecule has 1 spiro atoms. The first kappa shape index (κ1) is 17.0. The van der Waals surface area contributed by atoms with Crippen molar-refractivity contribution in [2.24, 2.45) is 5.41 Å². The Morgan fingerprint density at radius 1 is 1.33 bits per heavy atom. The molecule has 1 unspecified atom stereocenters. The highest BCUT2D eigenvalue weighted by molar-refractivity contribution is 7.07. The molecule has 2 fully saturated rings. The van der Waals surface area contributed by atoms with Crippen LogP contribution in [0.5, 0.6) is 0 Å². The zero-order valence-corrected chi connectivity index (χ0v) is 16.1. The third-order valence-electron chi connectivity index (χ3n) is 6.25. The number of hydrogen-bond donors (Lipinski definition) is 2. The highest BCUT2D eigenvalue weighted by Gasteiger charge is 2.57. The lowest BCUT2D eigenvalue weighted by molar-refractivity contribution is -0.132. The van der Waals surface area contributed by atoms with E-state index in [1.165, 1.54) is 18.4 Å². The van der Waals surface area contributed by atoms with Crippen molar-refractivity contribution in [1.29, 1.82) is 0 Å². The standard InChI is InChI=1S/C21H24N4OS/c26-19(10-16-12-24-20-17(16)2-1-6-23-20)25(13-15-3-9-27-14-15)18-11-21(18)4-7-22-8-5-21/h1-3,6,9,12,14,18,22H,4-5,7-8,10-11,13H2,(H,23,24). The minimum Gasteiger partial charge on any atom is -0.346 e. The number of H-pyrrole nitrogens is 1. The smallest absolute Gasteiger partial charge is 0.227 e. The van der Waals surface area contributed by atoms with Crippen molar-refractivity contribution in [3.05, 3.63) is 52.5 Å². The van der Waals surface area contributed by atoms with Crippen molar-refractivity contribution in [1.82, 2.24) is 20.2 Å². The van der Waals surface area contributed by atoms with Crippen LogP contribution >= 0.6 is 11.3 Å². The number of carbonyl (C=O) groups is 1. The summed E-state index contributed by atoms with van der Waals surface area (Å²) in [4.78, 5) is 23.1. The molecular weight excluding hydrogens is 356 g/mol. The number of fused-ring (bicyclic) bond motifs is 1. The Kier molecular flexibility index (Phi) is 4.25. The van der Waals surface area contributed by atoms with E-state index in [4.69, 9.17) is 0 Å². The predicted octanol–water partition coefficient (Wildman–Crippen LogP) is 3.34. The number of nitrogens with zero attached hydrogens (tertiary/aromatic N) is 2. The number of pyridine rings is 1. The van der Waals surface area contributed by atoms with E-state index in [-0.39, 0.29) is 5.91 Å². The SMILES string of the molecule is O=C(Cc1c[nH]c2ncccc12)N(Cc1ccsc1)C1CC12CCNCC2. The average molecular weight is 381 g/mol. The second kappa shape index (κ2) is 6.77. The molecule has 2 N–H and O–H groups in total. The number of hydrogen-bond acceptors (Lipinski definition) is 4. The van der Waals surface area contributed by atoms with Crippen molar-refractivity contribution in [3.63, 3.8) is 0 Å². The molecule has 1 saturated carbocycles. The Hall–Kier alpha value is -2.18. The molecule has 0 radical (unpaired) electrons. The number of carbonyl (C=O) groups excluding carboxylic acids is 1. The quantitative estimate of drug-likeness (QED) is 0.714. The molecule has 0 bridgehead atoms. The van der Waals surface area contributed by atoms with Crippen molar-refractivity contribution >= 4 is 28.3 Å². The summed E-state index contributed by atoms with van der Waals surface area (Å²) in [6.07, 6.45) is 7.66. The number of thiophene rings is 1. The molecule has 5 nitrogen and oxygen atoms in total. The molecule has 6 heteroatoms. The lowest BCUT2D eigenvalue weighted by atomic mass is 9.93. The molecule has 4 heterocycles. The Morgan fingerprint density at radius 2 is 2.22 bits per heavy atom. The molecule has 140 valence electrons. The molecule has 5 rings (SSSR count). The van der Waals surface area contributed by atoms with Gasteiger partial charge in [-0.1, -0.05) is 0 Å². The molecule has 3 aromatic heterocycles.